The minimum Gasteiger partial charge on any atom is -0.341 e. The Morgan fingerprint density at radius 3 is 2.41 bits per heavy atom. The number of carbonyl (C=O) groups excluding carboxylic acids is 1. The number of nitrogens with zero attached hydrogens (tertiary/aromatic N) is 2. The van der Waals surface area contributed by atoms with Crippen molar-refractivity contribution < 1.29 is 4.79 Å². The zero-order valence-electron chi connectivity index (χ0n) is 16.3. The lowest BCUT2D eigenvalue weighted by Crippen LogP contribution is -2.29. The van der Waals surface area contributed by atoms with Gasteiger partial charge in [0.2, 0.25) is 0 Å². The second-order valence-corrected chi connectivity index (χ2v) is 7.16. The molecule has 0 saturated heterocycles. The molecule has 1 heterocycles. The zero-order chi connectivity index (χ0) is 20.1. The highest BCUT2D eigenvalue weighted by Crippen LogP contribution is 2.23. The number of carbonyl (C=O) groups is 1. The predicted octanol–water partition coefficient (Wildman–Crippen LogP) is 4.76. The maximum absolute atomic E-state index is 13.0. The van der Waals surface area contributed by atoms with Gasteiger partial charge in [0.25, 0.3) is 5.91 Å². The number of benzene rings is 3. The van der Waals surface area contributed by atoms with Crippen LogP contribution < -0.4 is 5.32 Å². The van der Waals surface area contributed by atoms with Gasteiger partial charge in [-0.05, 0) is 35.7 Å². The molecule has 0 aliphatic carbocycles. The number of aromatic nitrogens is 2. The third-order valence-corrected chi connectivity index (χ3v) is 4.92. The number of aryl methyl sites for hydroxylation is 1. The lowest BCUT2D eigenvalue weighted by Gasteiger charge is -2.20. The first kappa shape index (κ1) is 18.7. The summed E-state index contributed by atoms with van der Waals surface area (Å²) in [6.07, 6.45) is 5.47. The molecule has 1 amide bonds. The van der Waals surface area contributed by atoms with Crippen molar-refractivity contribution in [3.63, 3.8) is 0 Å². The molecular weight excluding hydrogens is 358 g/mol. The topological polar surface area (TPSA) is 46.9 Å². The second kappa shape index (κ2) is 8.57. The molecule has 4 rings (SSSR count). The number of hydrogen-bond donors (Lipinski definition) is 1. The Hall–Kier alpha value is -3.66. The quantitative estimate of drug-likeness (QED) is 0.523. The molecule has 0 fully saturated rings. The molecule has 1 atom stereocenters. The smallest absolute Gasteiger partial charge is 0.252 e. The number of hydrogen-bond acceptors (Lipinski definition) is 2. The molecule has 0 radical (unpaired) electrons. The minimum atomic E-state index is -0.200. The summed E-state index contributed by atoms with van der Waals surface area (Å²) in [7, 11) is 0. The van der Waals surface area contributed by atoms with Crippen LogP contribution >= 0.6 is 0 Å². The molecule has 29 heavy (non-hydrogen) atoms. The largest absolute Gasteiger partial charge is 0.341 e. The SMILES string of the molecule is Cc1cccc(C(NC(=O)c2ccc(Cn3ccnc3)cc2)c2ccccc2)c1. The van der Waals surface area contributed by atoms with E-state index in [1.807, 2.05) is 71.4 Å². The van der Waals surface area contributed by atoms with E-state index in [0.717, 1.165) is 23.2 Å². The van der Waals surface area contributed by atoms with Crippen LogP contribution in [0.5, 0.6) is 0 Å². The first-order valence-electron chi connectivity index (χ1n) is 9.66. The van der Waals surface area contributed by atoms with E-state index in [2.05, 4.69) is 35.4 Å². The van der Waals surface area contributed by atoms with Crippen molar-refractivity contribution in [2.24, 2.45) is 0 Å². The van der Waals surface area contributed by atoms with Gasteiger partial charge in [0.15, 0.2) is 0 Å². The fourth-order valence-electron chi connectivity index (χ4n) is 3.42. The van der Waals surface area contributed by atoms with Gasteiger partial charge in [-0.2, -0.15) is 0 Å². The molecule has 0 aliphatic heterocycles. The van der Waals surface area contributed by atoms with Crippen LogP contribution in [0.2, 0.25) is 0 Å². The number of rotatable bonds is 6. The van der Waals surface area contributed by atoms with Crippen LogP contribution in [0.25, 0.3) is 0 Å². The fraction of sp³-hybridized carbons (Fsp3) is 0.120. The van der Waals surface area contributed by atoms with Gasteiger partial charge in [0, 0.05) is 24.5 Å². The predicted molar refractivity (Wildman–Crippen MR) is 115 cm³/mol. The van der Waals surface area contributed by atoms with E-state index in [0.29, 0.717) is 5.56 Å². The standard InChI is InChI=1S/C25H23N3O/c1-19-6-5-9-23(16-19)24(21-7-3-2-4-8-21)27-25(29)22-12-10-20(11-13-22)17-28-15-14-26-18-28/h2-16,18,24H,17H2,1H3,(H,27,29). The van der Waals surface area contributed by atoms with Gasteiger partial charge in [-0.25, -0.2) is 4.98 Å². The molecular formula is C25H23N3O. The van der Waals surface area contributed by atoms with Crippen LogP contribution in [-0.4, -0.2) is 15.5 Å². The monoisotopic (exact) mass is 381 g/mol. The lowest BCUT2D eigenvalue weighted by molar-refractivity contribution is 0.0943. The van der Waals surface area contributed by atoms with Gasteiger partial charge < -0.3 is 9.88 Å². The van der Waals surface area contributed by atoms with Crippen molar-refractivity contribution in [3.8, 4) is 0 Å². The molecule has 3 aromatic carbocycles. The molecule has 1 aromatic heterocycles. The van der Waals surface area contributed by atoms with Crippen LogP contribution in [0.3, 0.4) is 0 Å². The van der Waals surface area contributed by atoms with Gasteiger partial charge >= 0.3 is 0 Å². The van der Waals surface area contributed by atoms with E-state index in [1.165, 1.54) is 5.56 Å². The Morgan fingerprint density at radius 1 is 0.966 bits per heavy atom. The molecule has 0 aliphatic rings. The molecule has 0 saturated carbocycles. The maximum Gasteiger partial charge on any atom is 0.252 e. The average Bonchev–Trinajstić information content (AvgIpc) is 3.26. The van der Waals surface area contributed by atoms with Crippen molar-refractivity contribution >= 4 is 5.91 Å². The Bertz CT molecular complexity index is 1070. The number of amides is 1. The molecule has 4 nitrogen and oxygen atoms in total. The van der Waals surface area contributed by atoms with Gasteiger partial charge in [0.05, 0.1) is 12.4 Å². The minimum absolute atomic E-state index is 0.0884. The number of nitrogens with one attached hydrogen (secondary N) is 1. The van der Waals surface area contributed by atoms with Crippen molar-refractivity contribution in [3.05, 3.63) is 125 Å². The first-order chi connectivity index (χ1) is 14.2. The van der Waals surface area contributed by atoms with E-state index >= 15 is 0 Å². The number of imidazole rings is 1. The van der Waals surface area contributed by atoms with Crippen LogP contribution in [0.15, 0.2) is 97.6 Å². The first-order valence-corrected chi connectivity index (χ1v) is 9.66. The summed E-state index contributed by atoms with van der Waals surface area (Å²) >= 11 is 0. The van der Waals surface area contributed by atoms with Crippen LogP contribution in [0, 0.1) is 6.92 Å². The van der Waals surface area contributed by atoms with E-state index in [1.54, 1.807) is 12.5 Å². The van der Waals surface area contributed by atoms with Gasteiger partial charge in [-0.15, -0.1) is 0 Å². The Kier molecular flexibility index (Phi) is 5.52. The van der Waals surface area contributed by atoms with E-state index in [9.17, 15) is 4.79 Å². The van der Waals surface area contributed by atoms with Crippen molar-refractivity contribution in [2.75, 3.05) is 0 Å². The van der Waals surface area contributed by atoms with Crippen molar-refractivity contribution in [2.45, 2.75) is 19.5 Å². The third kappa shape index (κ3) is 4.61. The summed E-state index contributed by atoms with van der Waals surface area (Å²) in [6, 6.07) is 25.8. The summed E-state index contributed by atoms with van der Waals surface area (Å²) in [6.45, 7) is 2.80. The summed E-state index contributed by atoms with van der Waals surface area (Å²) in [5.41, 5.74) is 5.07. The van der Waals surface area contributed by atoms with Gasteiger partial charge in [-0.1, -0.05) is 72.3 Å². The normalized spacial score (nSPS) is 11.8. The van der Waals surface area contributed by atoms with E-state index in [4.69, 9.17) is 0 Å². The Morgan fingerprint density at radius 2 is 1.72 bits per heavy atom. The summed E-state index contributed by atoms with van der Waals surface area (Å²) in [5, 5.41) is 3.20. The highest BCUT2D eigenvalue weighted by Gasteiger charge is 2.18. The van der Waals surface area contributed by atoms with Crippen LogP contribution in [0.1, 0.15) is 38.7 Å². The Balaban J connectivity index is 1.55. The zero-order valence-corrected chi connectivity index (χ0v) is 16.3. The molecule has 4 heteroatoms. The van der Waals surface area contributed by atoms with Gasteiger partial charge in [-0.3, -0.25) is 4.79 Å². The fourth-order valence-corrected chi connectivity index (χ4v) is 3.42. The third-order valence-electron chi connectivity index (χ3n) is 4.92. The summed E-state index contributed by atoms with van der Waals surface area (Å²) < 4.78 is 2.00. The summed E-state index contributed by atoms with van der Waals surface area (Å²) in [5.74, 6) is -0.0884. The average molecular weight is 381 g/mol. The highest BCUT2D eigenvalue weighted by atomic mass is 16.1. The lowest BCUT2D eigenvalue weighted by atomic mass is 9.97. The summed E-state index contributed by atoms with van der Waals surface area (Å²) in [4.78, 5) is 17.0. The van der Waals surface area contributed by atoms with Crippen LogP contribution in [-0.2, 0) is 6.54 Å². The highest BCUT2D eigenvalue weighted by molar-refractivity contribution is 5.94. The van der Waals surface area contributed by atoms with Crippen molar-refractivity contribution in [1.82, 2.24) is 14.9 Å². The molecule has 0 bridgehead atoms. The second-order valence-electron chi connectivity index (χ2n) is 7.16. The maximum atomic E-state index is 13.0. The molecule has 1 N–H and O–H groups in total. The Labute approximate surface area is 170 Å². The van der Waals surface area contributed by atoms with Crippen LogP contribution in [0.4, 0.5) is 0 Å². The molecule has 1 unspecified atom stereocenters. The molecule has 0 spiro atoms. The molecule has 144 valence electrons. The van der Waals surface area contributed by atoms with E-state index in [-0.39, 0.29) is 11.9 Å². The van der Waals surface area contributed by atoms with Crippen molar-refractivity contribution in [1.29, 1.82) is 0 Å². The molecule has 4 aromatic rings. The van der Waals surface area contributed by atoms with E-state index < -0.39 is 0 Å². The van der Waals surface area contributed by atoms with Gasteiger partial charge in [0.1, 0.15) is 0 Å².